The molecule has 2 atom stereocenters. The normalized spacial score (nSPS) is 25.9. The summed E-state index contributed by atoms with van der Waals surface area (Å²) < 4.78 is 0. The molecule has 3 rings (SSSR count). The average molecular weight is 273 g/mol. The topological polar surface area (TPSA) is 20.2 Å². The van der Waals surface area contributed by atoms with Gasteiger partial charge in [0, 0.05) is 10.4 Å². The molecule has 0 bridgehead atoms. The molecule has 0 amide bonds. The van der Waals surface area contributed by atoms with Crippen molar-refractivity contribution in [3.05, 3.63) is 70.2 Å². The van der Waals surface area contributed by atoms with Gasteiger partial charge in [0.25, 0.3) is 0 Å². The molecular weight excluding hydrogens is 256 g/mol. The lowest BCUT2D eigenvalue weighted by Gasteiger charge is -2.40. The predicted molar refractivity (Wildman–Crippen MR) is 78.5 cm³/mol. The fourth-order valence-electron chi connectivity index (χ4n) is 3.04. The van der Waals surface area contributed by atoms with Gasteiger partial charge in [0.15, 0.2) is 0 Å². The summed E-state index contributed by atoms with van der Waals surface area (Å²) in [4.78, 5) is 0. The Balaban J connectivity index is 2.04. The number of halogens is 1. The predicted octanol–water partition coefficient (Wildman–Crippen LogP) is 4.28. The second-order valence-corrected chi connectivity index (χ2v) is 5.96. The van der Waals surface area contributed by atoms with E-state index >= 15 is 0 Å². The molecule has 1 N–H and O–H groups in total. The summed E-state index contributed by atoms with van der Waals surface area (Å²) in [5.74, 6) is 0. The zero-order valence-electron chi connectivity index (χ0n) is 10.9. The van der Waals surface area contributed by atoms with Crippen molar-refractivity contribution in [3.8, 4) is 0 Å². The van der Waals surface area contributed by atoms with Gasteiger partial charge < -0.3 is 5.11 Å². The monoisotopic (exact) mass is 272 g/mol. The molecule has 0 heterocycles. The van der Waals surface area contributed by atoms with Gasteiger partial charge in [-0.05, 0) is 41.7 Å². The van der Waals surface area contributed by atoms with Crippen LogP contribution in [0, 0.1) is 0 Å². The Morgan fingerprint density at radius 1 is 1.11 bits per heavy atom. The van der Waals surface area contributed by atoms with Gasteiger partial charge in [0.05, 0.1) is 6.10 Å². The number of rotatable bonds is 1. The molecule has 98 valence electrons. The van der Waals surface area contributed by atoms with E-state index in [1.165, 1.54) is 5.56 Å². The molecule has 0 spiro atoms. The highest BCUT2D eigenvalue weighted by atomic mass is 35.5. The Bertz CT molecular complexity index is 590. The van der Waals surface area contributed by atoms with Crippen LogP contribution in [-0.2, 0) is 11.8 Å². The Morgan fingerprint density at radius 2 is 1.79 bits per heavy atom. The number of benzene rings is 2. The molecule has 0 aromatic heterocycles. The van der Waals surface area contributed by atoms with E-state index in [1.807, 2.05) is 42.5 Å². The SMILES string of the molecule is C[C@]1(c2ccc(Cl)cc2)CCc2ccccc2[C@@H]1O. The van der Waals surface area contributed by atoms with Crippen molar-refractivity contribution in [1.29, 1.82) is 0 Å². The highest BCUT2D eigenvalue weighted by molar-refractivity contribution is 6.30. The lowest BCUT2D eigenvalue weighted by Crippen LogP contribution is -2.35. The Morgan fingerprint density at radius 3 is 2.53 bits per heavy atom. The maximum atomic E-state index is 10.8. The minimum absolute atomic E-state index is 0.237. The number of aliphatic hydroxyl groups is 1. The molecule has 1 aliphatic rings. The number of aliphatic hydroxyl groups excluding tert-OH is 1. The molecule has 0 aliphatic heterocycles. The standard InChI is InChI=1S/C17H17ClO/c1-17(13-6-8-14(18)9-7-13)11-10-12-4-2-3-5-15(12)16(17)19/h2-9,16,19H,10-11H2,1H3/t16-,17+/m0/s1. The van der Waals surface area contributed by atoms with E-state index in [4.69, 9.17) is 11.6 Å². The lowest BCUT2D eigenvalue weighted by molar-refractivity contribution is 0.0747. The van der Waals surface area contributed by atoms with Crippen LogP contribution in [0.15, 0.2) is 48.5 Å². The van der Waals surface area contributed by atoms with Gasteiger partial charge in [-0.25, -0.2) is 0 Å². The third kappa shape index (κ3) is 2.07. The highest BCUT2D eigenvalue weighted by Gasteiger charge is 2.39. The summed E-state index contributed by atoms with van der Waals surface area (Å²) in [5, 5.41) is 11.5. The van der Waals surface area contributed by atoms with Crippen LogP contribution in [0.3, 0.4) is 0 Å². The third-order valence-corrected chi connectivity index (χ3v) is 4.62. The van der Waals surface area contributed by atoms with Gasteiger partial charge in [0.1, 0.15) is 0 Å². The van der Waals surface area contributed by atoms with E-state index in [1.54, 1.807) is 0 Å². The summed E-state index contributed by atoms with van der Waals surface area (Å²) in [6.07, 6.45) is 1.50. The first kappa shape index (κ1) is 12.7. The number of hydrogen-bond donors (Lipinski definition) is 1. The third-order valence-electron chi connectivity index (χ3n) is 4.37. The molecule has 0 fully saturated rings. The number of aryl methyl sites for hydroxylation is 1. The zero-order valence-corrected chi connectivity index (χ0v) is 11.7. The maximum absolute atomic E-state index is 10.8. The Kier molecular flexibility index (Phi) is 3.12. The number of fused-ring (bicyclic) bond motifs is 1. The summed E-state index contributed by atoms with van der Waals surface area (Å²) in [6, 6.07) is 16.0. The van der Waals surface area contributed by atoms with Crippen LogP contribution in [0.2, 0.25) is 5.02 Å². The smallest absolute Gasteiger partial charge is 0.0886 e. The van der Waals surface area contributed by atoms with Crippen molar-refractivity contribution in [2.45, 2.75) is 31.3 Å². The van der Waals surface area contributed by atoms with Crippen LogP contribution in [0.4, 0.5) is 0 Å². The largest absolute Gasteiger partial charge is 0.387 e. The molecule has 2 heteroatoms. The molecule has 0 unspecified atom stereocenters. The average Bonchev–Trinajstić information content (AvgIpc) is 2.44. The van der Waals surface area contributed by atoms with Crippen molar-refractivity contribution < 1.29 is 5.11 Å². The molecule has 1 nitrogen and oxygen atoms in total. The lowest BCUT2D eigenvalue weighted by atomic mass is 9.67. The fraction of sp³-hybridized carbons (Fsp3) is 0.294. The van der Waals surface area contributed by atoms with E-state index in [0.29, 0.717) is 0 Å². The van der Waals surface area contributed by atoms with Crippen LogP contribution < -0.4 is 0 Å². The van der Waals surface area contributed by atoms with Crippen molar-refractivity contribution in [2.75, 3.05) is 0 Å². The van der Waals surface area contributed by atoms with Crippen molar-refractivity contribution in [2.24, 2.45) is 0 Å². The first-order chi connectivity index (χ1) is 9.11. The minimum Gasteiger partial charge on any atom is -0.387 e. The second-order valence-electron chi connectivity index (χ2n) is 5.53. The maximum Gasteiger partial charge on any atom is 0.0886 e. The van der Waals surface area contributed by atoms with Crippen molar-refractivity contribution in [3.63, 3.8) is 0 Å². The van der Waals surface area contributed by atoms with E-state index in [0.717, 1.165) is 29.0 Å². The highest BCUT2D eigenvalue weighted by Crippen LogP contribution is 2.45. The quantitative estimate of drug-likeness (QED) is 0.822. The molecule has 19 heavy (non-hydrogen) atoms. The van der Waals surface area contributed by atoms with Gasteiger partial charge in [-0.2, -0.15) is 0 Å². The second kappa shape index (κ2) is 4.66. The van der Waals surface area contributed by atoms with Gasteiger partial charge in [-0.15, -0.1) is 0 Å². The molecule has 0 saturated carbocycles. The fourth-order valence-corrected chi connectivity index (χ4v) is 3.16. The number of hydrogen-bond acceptors (Lipinski definition) is 1. The molecule has 0 radical (unpaired) electrons. The van der Waals surface area contributed by atoms with Gasteiger partial charge in [-0.3, -0.25) is 0 Å². The van der Waals surface area contributed by atoms with Crippen LogP contribution in [0.5, 0.6) is 0 Å². The van der Waals surface area contributed by atoms with E-state index in [9.17, 15) is 5.11 Å². The molecule has 2 aromatic rings. The van der Waals surface area contributed by atoms with Crippen LogP contribution in [0.1, 0.15) is 36.1 Å². The van der Waals surface area contributed by atoms with Crippen LogP contribution in [-0.4, -0.2) is 5.11 Å². The van der Waals surface area contributed by atoms with Crippen LogP contribution >= 0.6 is 11.6 Å². The minimum atomic E-state index is -0.460. The summed E-state index contributed by atoms with van der Waals surface area (Å²) in [7, 11) is 0. The Hall–Kier alpha value is -1.31. The molecule has 2 aromatic carbocycles. The summed E-state index contributed by atoms with van der Waals surface area (Å²) in [5.41, 5.74) is 3.24. The van der Waals surface area contributed by atoms with E-state index in [2.05, 4.69) is 13.0 Å². The first-order valence-corrected chi connectivity index (χ1v) is 7.01. The summed E-state index contributed by atoms with van der Waals surface area (Å²) in [6.45, 7) is 2.14. The molecular formula is C17H17ClO. The van der Waals surface area contributed by atoms with Gasteiger partial charge >= 0.3 is 0 Å². The van der Waals surface area contributed by atoms with Crippen molar-refractivity contribution in [1.82, 2.24) is 0 Å². The summed E-state index contributed by atoms with van der Waals surface area (Å²) >= 11 is 5.95. The Labute approximate surface area is 118 Å². The first-order valence-electron chi connectivity index (χ1n) is 6.63. The van der Waals surface area contributed by atoms with Crippen LogP contribution in [0.25, 0.3) is 0 Å². The molecule has 0 saturated heterocycles. The van der Waals surface area contributed by atoms with Gasteiger partial charge in [0.2, 0.25) is 0 Å². The van der Waals surface area contributed by atoms with Gasteiger partial charge in [-0.1, -0.05) is 54.9 Å². The van der Waals surface area contributed by atoms with E-state index < -0.39 is 6.10 Å². The van der Waals surface area contributed by atoms with E-state index in [-0.39, 0.29) is 5.41 Å². The van der Waals surface area contributed by atoms with Crippen molar-refractivity contribution >= 4 is 11.6 Å². The zero-order chi connectivity index (χ0) is 13.5. The molecule has 1 aliphatic carbocycles.